The highest BCUT2D eigenvalue weighted by atomic mass is 127. The van der Waals surface area contributed by atoms with Crippen LogP contribution in [-0.4, -0.2) is 24.3 Å². The molecule has 0 spiro atoms. The van der Waals surface area contributed by atoms with E-state index in [1.54, 1.807) is 24.3 Å². The molecule has 6 heteroatoms. The number of amides is 1. The highest BCUT2D eigenvalue weighted by Gasteiger charge is 2.13. The molecule has 3 rings (SSSR count). The first-order valence-corrected chi connectivity index (χ1v) is 8.55. The molecular formula is C19H15IN2O3. The van der Waals surface area contributed by atoms with Crippen LogP contribution in [0.5, 0.6) is 11.5 Å². The lowest BCUT2D eigenvalue weighted by molar-refractivity contribution is 0.0952. The largest absolute Gasteiger partial charge is 0.507 e. The standard InChI is InChI=1S/C19H15IN2O3/c1-25-18-10-14-5-3-2-4-13(14)9-15(18)19(24)22-21-11-12-6-7-17(23)16(20)8-12/h2-11,23H,1H3,(H,22,24)/b21-11-. The van der Waals surface area contributed by atoms with Crippen LogP contribution in [0.3, 0.4) is 0 Å². The van der Waals surface area contributed by atoms with Gasteiger partial charge in [-0.3, -0.25) is 4.79 Å². The molecule has 0 fully saturated rings. The smallest absolute Gasteiger partial charge is 0.275 e. The molecule has 5 nitrogen and oxygen atoms in total. The number of ether oxygens (including phenoxy) is 1. The number of hydrogen-bond acceptors (Lipinski definition) is 4. The van der Waals surface area contributed by atoms with Crippen molar-refractivity contribution in [3.8, 4) is 11.5 Å². The van der Waals surface area contributed by atoms with E-state index in [9.17, 15) is 9.90 Å². The zero-order valence-corrected chi connectivity index (χ0v) is 15.5. The minimum absolute atomic E-state index is 0.211. The number of rotatable bonds is 4. The van der Waals surface area contributed by atoms with Gasteiger partial charge in [-0.25, -0.2) is 5.43 Å². The normalized spacial score (nSPS) is 11.0. The van der Waals surface area contributed by atoms with E-state index in [4.69, 9.17) is 4.74 Å². The number of carbonyl (C=O) groups excluding carboxylic acids is 1. The van der Waals surface area contributed by atoms with Crippen molar-refractivity contribution in [2.24, 2.45) is 5.10 Å². The number of phenols is 1. The molecule has 3 aromatic rings. The average Bonchev–Trinajstić information content (AvgIpc) is 2.63. The average molecular weight is 446 g/mol. The zero-order chi connectivity index (χ0) is 17.8. The number of aromatic hydroxyl groups is 1. The molecular weight excluding hydrogens is 431 g/mol. The van der Waals surface area contributed by atoms with E-state index in [0.717, 1.165) is 16.3 Å². The van der Waals surface area contributed by atoms with Crippen molar-refractivity contribution < 1.29 is 14.6 Å². The van der Waals surface area contributed by atoms with Gasteiger partial charge >= 0.3 is 0 Å². The van der Waals surface area contributed by atoms with E-state index in [1.165, 1.54) is 13.3 Å². The SMILES string of the molecule is COc1cc2ccccc2cc1C(=O)N/N=C\c1ccc(O)c(I)c1. The van der Waals surface area contributed by atoms with Gasteiger partial charge in [-0.1, -0.05) is 24.3 Å². The van der Waals surface area contributed by atoms with Crippen LogP contribution in [0.1, 0.15) is 15.9 Å². The summed E-state index contributed by atoms with van der Waals surface area (Å²) >= 11 is 2.03. The van der Waals surface area contributed by atoms with Crippen molar-refractivity contribution in [3.63, 3.8) is 0 Å². The van der Waals surface area contributed by atoms with Crippen LogP contribution in [0.25, 0.3) is 10.8 Å². The Balaban J connectivity index is 1.81. The van der Waals surface area contributed by atoms with Gasteiger partial charge in [0.15, 0.2) is 0 Å². The molecule has 0 bridgehead atoms. The molecule has 2 N–H and O–H groups in total. The predicted octanol–water partition coefficient (Wildman–Crippen LogP) is 3.92. The number of methoxy groups -OCH3 is 1. The van der Waals surface area contributed by atoms with Crippen LogP contribution in [0.15, 0.2) is 59.7 Å². The molecule has 0 aliphatic carbocycles. The second kappa shape index (κ2) is 7.52. The van der Waals surface area contributed by atoms with Crippen LogP contribution >= 0.6 is 22.6 Å². The van der Waals surface area contributed by atoms with Gasteiger partial charge in [-0.2, -0.15) is 5.10 Å². The second-order valence-corrected chi connectivity index (χ2v) is 6.47. The summed E-state index contributed by atoms with van der Waals surface area (Å²) in [6, 6.07) is 16.4. The molecule has 0 aromatic heterocycles. The number of nitrogens with zero attached hydrogens (tertiary/aromatic N) is 1. The summed E-state index contributed by atoms with van der Waals surface area (Å²) in [4.78, 5) is 12.4. The summed E-state index contributed by atoms with van der Waals surface area (Å²) in [5, 5.41) is 15.4. The van der Waals surface area contributed by atoms with E-state index in [0.29, 0.717) is 14.9 Å². The Morgan fingerprint density at radius 3 is 2.56 bits per heavy atom. The lowest BCUT2D eigenvalue weighted by Crippen LogP contribution is -2.18. The molecule has 0 unspecified atom stereocenters. The third kappa shape index (κ3) is 3.90. The van der Waals surface area contributed by atoms with Gasteiger partial charge in [0.05, 0.1) is 22.5 Å². The van der Waals surface area contributed by atoms with Crippen molar-refractivity contribution in [1.82, 2.24) is 5.43 Å². The summed E-state index contributed by atoms with van der Waals surface area (Å²) < 4.78 is 6.04. The minimum atomic E-state index is -0.354. The summed E-state index contributed by atoms with van der Waals surface area (Å²) in [7, 11) is 1.53. The highest BCUT2D eigenvalue weighted by Crippen LogP contribution is 2.26. The number of hydrogen-bond donors (Lipinski definition) is 2. The van der Waals surface area contributed by atoms with Gasteiger partial charge in [0.25, 0.3) is 5.91 Å². The van der Waals surface area contributed by atoms with Gasteiger partial charge in [0.2, 0.25) is 0 Å². The summed E-state index contributed by atoms with van der Waals surface area (Å²) in [6.07, 6.45) is 1.52. The van der Waals surface area contributed by atoms with Crippen LogP contribution in [0.2, 0.25) is 0 Å². The van der Waals surface area contributed by atoms with Gasteiger partial charge in [-0.05, 0) is 69.3 Å². The number of phenolic OH excluding ortho intramolecular Hbond substituents is 1. The van der Waals surface area contributed by atoms with Gasteiger partial charge in [-0.15, -0.1) is 0 Å². The van der Waals surface area contributed by atoms with Crippen molar-refractivity contribution in [3.05, 3.63) is 69.3 Å². The van der Waals surface area contributed by atoms with Crippen LogP contribution in [0, 0.1) is 3.57 Å². The Labute approximate surface area is 158 Å². The molecule has 25 heavy (non-hydrogen) atoms. The Bertz CT molecular complexity index is 970. The molecule has 3 aromatic carbocycles. The molecule has 0 aliphatic heterocycles. The maximum atomic E-state index is 12.4. The molecule has 0 heterocycles. The fourth-order valence-electron chi connectivity index (χ4n) is 2.39. The number of fused-ring (bicyclic) bond motifs is 1. The zero-order valence-electron chi connectivity index (χ0n) is 13.4. The number of nitrogens with one attached hydrogen (secondary N) is 1. The Kier molecular flexibility index (Phi) is 5.18. The Morgan fingerprint density at radius 1 is 1.16 bits per heavy atom. The van der Waals surface area contributed by atoms with E-state index in [2.05, 4.69) is 10.5 Å². The number of benzene rings is 3. The van der Waals surface area contributed by atoms with Gasteiger partial charge < -0.3 is 9.84 Å². The Hall–Kier alpha value is -2.61. The molecule has 0 saturated carbocycles. The second-order valence-electron chi connectivity index (χ2n) is 5.31. The quantitative estimate of drug-likeness (QED) is 0.363. The van der Waals surface area contributed by atoms with Gasteiger partial charge in [0.1, 0.15) is 11.5 Å². The van der Waals surface area contributed by atoms with Crippen molar-refractivity contribution in [2.75, 3.05) is 7.11 Å². The predicted molar refractivity (Wildman–Crippen MR) is 106 cm³/mol. The summed E-state index contributed by atoms with van der Waals surface area (Å²) in [5.41, 5.74) is 3.69. The lowest BCUT2D eigenvalue weighted by atomic mass is 10.1. The van der Waals surface area contributed by atoms with Gasteiger partial charge in [0, 0.05) is 0 Å². The number of hydrazone groups is 1. The molecule has 0 aliphatic rings. The first-order chi connectivity index (χ1) is 12.1. The third-order valence-electron chi connectivity index (χ3n) is 3.66. The first kappa shape index (κ1) is 17.2. The Morgan fingerprint density at radius 2 is 1.88 bits per heavy atom. The van der Waals surface area contributed by atoms with Crippen molar-refractivity contribution >= 4 is 45.5 Å². The van der Waals surface area contributed by atoms with Crippen molar-refractivity contribution in [2.45, 2.75) is 0 Å². The highest BCUT2D eigenvalue weighted by molar-refractivity contribution is 14.1. The number of carbonyl (C=O) groups is 1. The maximum Gasteiger partial charge on any atom is 0.275 e. The minimum Gasteiger partial charge on any atom is -0.507 e. The molecule has 0 saturated heterocycles. The first-order valence-electron chi connectivity index (χ1n) is 7.47. The fraction of sp³-hybridized carbons (Fsp3) is 0.0526. The maximum absolute atomic E-state index is 12.4. The molecule has 0 atom stereocenters. The van der Waals surface area contributed by atoms with E-state index < -0.39 is 0 Å². The van der Waals surface area contributed by atoms with E-state index in [-0.39, 0.29) is 11.7 Å². The monoisotopic (exact) mass is 446 g/mol. The van der Waals surface area contributed by atoms with Crippen LogP contribution in [0.4, 0.5) is 0 Å². The van der Waals surface area contributed by atoms with Crippen LogP contribution < -0.4 is 10.2 Å². The fourth-order valence-corrected chi connectivity index (χ4v) is 2.93. The summed E-state index contributed by atoms with van der Waals surface area (Å²) in [5.74, 6) is 0.348. The van der Waals surface area contributed by atoms with Crippen LogP contribution in [-0.2, 0) is 0 Å². The summed E-state index contributed by atoms with van der Waals surface area (Å²) in [6.45, 7) is 0. The topological polar surface area (TPSA) is 70.9 Å². The van der Waals surface area contributed by atoms with Crippen molar-refractivity contribution in [1.29, 1.82) is 0 Å². The third-order valence-corrected chi connectivity index (χ3v) is 4.53. The molecule has 1 amide bonds. The van der Waals surface area contributed by atoms with E-state index >= 15 is 0 Å². The lowest BCUT2D eigenvalue weighted by Gasteiger charge is -2.09. The molecule has 0 radical (unpaired) electrons. The molecule has 126 valence electrons. The van der Waals surface area contributed by atoms with E-state index in [1.807, 2.05) is 52.9 Å². The number of halogens is 1.